The number of hydrogen-bond acceptors (Lipinski definition) is 8. The van der Waals surface area contributed by atoms with Crippen molar-refractivity contribution in [1.29, 1.82) is 0 Å². The van der Waals surface area contributed by atoms with E-state index in [1.807, 2.05) is 5.38 Å². The van der Waals surface area contributed by atoms with Crippen LogP contribution in [0.4, 0.5) is 5.13 Å². The van der Waals surface area contributed by atoms with Gasteiger partial charge in [-0.3, -0.25) is 14.4 Å². The number of fused-ring (bicyclic) bond motifs is 7. The largest absolute Gasteiger partial charge is 0.481 e. The van der Waals surface area contributed by atoms with Crippen LogP contribution >= 0.6 is 11.3 Å². The Balaban J connectivity index is 1.20. The average molecular weight is 725 g/mol. The number of thiazole rings is 1. The molecule has 0 radical (unpaired) electrons. The van der Waals surface area contributed by atoms with Gasteiger partial charge in [0.15, 0.2) is 5.13 Å². The van der Waals surface area contributed by atoms with Crippen molar-refractivity contribution in [3.05, 3.63) is 23.7 Å². The normalized spacial score (nSPS) is 39.8. The third kappa shape index (κ3) is 6.17. The van der Waals surface area contributed by atoms with E-state index < -0.39 is 22.8 Å². The minimum atomic E-state index is -1.15. The number of aromatic nitrogens is 1. The molecule has 9 heteroatoms. The molecule has 5 aliphatic rings. The molecule has 0 saturated heterocycles. The van der Waals surface area contributed by atoms with Gasteiger partial charge in [-0.15, -0.1) is 11.3 Å². The SMILES string of the molecule is C=C(C)[C@@H]1CC[C@]2(C(=O)OCCCNc3nccs3)CC[C@]3(C)[C@H](CC[C@@H]4[C@@]5(C)CC[C@H](OC(=O)CC(C)(C)C(=O)O)C(C)(C)[C@@H]5CC[C@]43C)[C@@H]12. The van der Waals surface area contributed by atoms with Gasteiger partial charge >= 0.3 is 17.9 Å². The summed E-state index contributed by atoms with van der Waals surface area (Å²) in [6, 6.07) is 0. The van der Waals surface area contributed by atoms with Gasteiger partial charge < -0.3 is 19.9 Å². The van der Waals surface area contributed by atoms with Crippen LogP contribution in [0.25, 0.3) is 0 Å². The Morgan fingerprint density at radius 2 is 1.73 bits per heavy atom. The summed E-state index contributed by atoms with van der Waals surface area (Å²) >= 11 is 1.58. The molecule has 5 aliphatic carbocycles. The number of aliphatic carboxylic acids is 1. The third-order valence-corrected chi connectivity index (χ3v) is 16.8. The molecular formula is C42H64N2O6S. The zero-order chi connectivity index (χ0) is 37.2. The van der Waals surface area contributed by atoms with Gasteiger partial charge in [-0.1, -0.05) is 46.8 Å². The molecule has 2 N–H and O–H groups in total. The lowest BCUT2D eigenvalue weighted by atomic mass is 9.32. The van der Waals surface area contributed by atoms with Crippen molar-refractivity contribution in [2.45, 2.75) is 139 Å². The molecule has 1 aromatic rings. The molecule has 0 amide bonds. The van der Waals surface area contributed by atoms with Gasteiger partial charge in [0.1, 0.15) is 6.10 Å². The summed E-state index contributed by atoms with van der Waals surface area (Å²) in [6.45, 7) is 23.3. The Kier molecular flexibility index (Phi) is 10.1. The van der Waals surface area contributed by atoms with E-state index >= 15 is 0 Å². The van der Waals surface area contributed by atoms with E-state index in [0.29, 0.717) is 30.3 Å². The summed E-state index contributed by atoms with van der Waals surface area (Å²) < 4.78 is 12.3. The van der Waals surface area contributed by atoms with Crippen LogP contribution in [0.5, 0.6) is 0 Å². The molecule has 5 fully saturated rings. The Hall–Kier alpha value is -2.42. The highest BCUT2D eigenvalue weighted by Gasteiger charge is 2.72. The molecule has 284 valence electrons. The first kappa shape index (κ1) is 38.3. The first-order valence-corrected chi connectivity index (χ1v) is 20.6. The molecule has 0 bridgehead atoms. The van der Waals surface area contributed by atoms with Crippen molar-refractivity contribution in [3.63, 3.8) is 0 Å². The number of anilines is 1. The van der Waals surface area contributed by atoms with Crippen LogP contribution in [-0.2, 0) is 23.9 Å². The molecule has 1 aromatic heterocycles. The van der Waals surface area contributed by atoms with Crippen LogP contribution < -0.4 is 5.32 Å². The molecule has 0 spiro atoms. The predicted molar refractivity (Wildman–Crippen MR) is 201 cm³/mol. The third-order valence-electron chi connectivity index (χ3n) is 16.1. The zero-order valence-electron chi connectivity index (χ0n) is 32.6. The minimum absolute atomic E-state index is 0.0249. The van der Waals surface area contributed by atoms with Gasteiger partial charge in [0.25, 0.3) is 0 Å². The second-order valence-corrected chi connectivity index (χ2v) is 20.2. The van der Waals surface area contributed by atoms with Crippen LogP contribution in [0.1, 0.15) is 132 Å². The number of rotatable bonds is 11. The topological polar surface area (TPSA) is 115 Å². The molecule has 0 aromatic carbocycles. The molecule has 8 nitrogen and oxygen atoms in total. The van der Waals surface area contributed by atoms with E-state index in [0.717, 1.165) is 82.3 Å². The van der Waals surface area contributed by atoms with Gasteiger partial charge in [0.2, 0.25) is 0 Å². The number of carboxylic acid groups (broad SMARTS) is 1. The smallest absolute Gasteiger partial charge is 0.312 e. The van der Waals surface area contributed by atoms with Gasteiger partial charge in [-0.2, -0.15) is 0 Å². The first-order valence-electron chi connectivity index (χ1n) is 19.7. The highest BCUT2D eigenvalue weighted by Crippen LogP contribution is 2.77. The van der Waals surface area contributed by atoms with E-state index in [9.17, 15) is 19.5 Å². The second-order valence-electron chi connectivity index (χ2n) is 19.3. The summed E-state index contributed by atoms with van der Waals surface area (Å²) in [5.74, 6) is 0.635. The minimum Gasteiger partial charge on any atom is -0.481 e. The number of nitrogens with one attached hydrogen (secondary N) is 1. The lowest BCUT2D eigenvalue weighted by Crippen LogP contribution is -2.67. The van der Waals surface area contributed by atoms with Crippen molar-refractivity contribution in [2.75, 3.05) is 18.5 Å². The zero-order valence-corrected chi connectivity index (χ0v) is 33.4. The average Bonchev–Trinajstić information content (AvgIpc) is 3.71. The van der Waals surface area contributed by atoms with Gasteiger partial charge in [-0.05, 0) is 137 Å². The summed E-state index contributed by atoms with van der Waals surface area (Å²) in [7, 11) is 0. The number of esters is 2. The van der Waals surface area contributed by atoms with Gasteiger partial charge in [0.05, 0.1) is 23.9 Å². The molecule has 1 heterocycles. The standard InChI is InChI=1S/C42H64N2O6S/c1-26(2)27-13-18-42(35(48)49-23-10-21-43-36-44-22-24-51-36)20-19-40(8)28(33(27)42)11-12-30-39(7)16-15-31(50-32(45)25-37(3,4)34(46)47)38(5,6)29(39)14-17-41(30,40)9/h22,24,27-31,33H,1,10-21,23,25H2,2-9H3,(H,43,44)(H,46,47)/t27-,28+,29-,30+,31-,33+,39-,40+,41+,42-/m0/s1. The summed E-state index contributed by atoms with van der Waals surface area (Å²) in [5, 5.41) is 15.8. The Labute approximate surface area is 310 Å². The van der Waals surface area contributed by atoms with Crippen LogP contribution in [0.2, 0.25) is 0 Å². The lowest BCUT2D eigenvalue weighted by molar-refractivity contribution is -0.251. The van der Waals surface area contributed by atoms with Crippen LogP contribution in [0.3, 0.4) is 0 Å². The van der Waals surface area contributed by atoms with E-state index in [-0.39, 0.29) is 46.1 Å². The van der Waals surface area contributed by atoms with Crippen LogP contribution in [-0.4, -0.2) is 47.3 Å². The fourth-order valence-corrected chi connectivity index (χ4v) is 13.8. The maximum absolute atomic E-state index is 14.3. The Morgan fingerprint density at radius 1 is 0.980 bits per heavy atom. The quantitative estimate of drug-likeness (QED) is 0.132. The van der Waals surface area contributed by atoms with Crippen molar-refractivity contribution >= 4 is 34.4 Å². The van der Waals surface area contributed by atoms with Gasteiger partial charge in [0, 0.05) is 23.5 Å². The number of nitrogens with zero attached hydrogens (tertiary/aromatic N) is 1. The number of ether oxygens (including phenoxy) is 2. The first-order chi connectivity index (χ1) is 23.8. The van der Waals surface area contributed by atoms with Crippen molar-refractivity contribution < 1.29 is 29.0 Å². The Bertz CT molecular complexity index is 1510. The highest BCUT2D eigenvalue weighted by atomic mass is 32.1. The Morgan fingerprint density at radius 3 is 2.39 bits per heavy atom. The number of carbonyl (C=O) groups excluding carboxylic acids is 2. The lowest BCUT2D eigenvalue weighted by Gasteiger charge is -2.72. The number of hydrogen-bond donors (Lipinski definition) is 2. The van der Waals surface area contributed by atoms with Crippen molar-refractivity contribution in [1.82, 2.24) is 4.98 Å². The molecule has 0 unspecified atom stereocenters. The molecule has 0 aliphatic heterocycles. The molecule has 51 heavy (non-hydrogen) atoms. The van der Waals surface area contributed by atoms with Crippen molar-refractivity contribution in [3.8, 4) is 0 Å². The van der Waals surface area contributed by atoms with E-state index in [2.05, 4.69) is 58.4 Å². The molecular weight excluding hydrogens is 661 g/mol. The number of carboxylic acids is 1. The van der Waals surface area contributed by atoms with Gasteiger partial charge in [-0.25, -0.2) is 4.98 Å². The highest BCUT2D eigenvalue weighted by molar-refractivity contribution is 7.13. The maximum atomic E-state index is 14.3. The summed E-state index contributed by atoms with van der Waals surface area (Å²) in [4.78, 5) is 43.4. The number of allylic oxidation sites excluding steroid dienone is 1. The second kappa shape index (κ2) is 13.5. The predicted octanol–water partition coefficient (Wildman–Crippen LogP) is 9.56. The molecule has 5 saturated carbocycles. The van der Waals surface area contributed by atoms with E-state index in [4.69, 9.17) is 9.47 Å². The molecule has 6 rings (SSSR count). The molecule has 10 atom stereocenters. The fraction of sp³-hybridized carbons (Fsp3) is 0.810. The summed E-state index contributed by atoms with van der Waals surface area (Å²) in [5.41, 5.74) is -0.238. The van der Waals surface area contributed by atoms with Crippen LogP contribution in [0, 0.1) is 62.1 Å². The van der Waals surface area contributed by atoms with Crippen molar-refractivity contribution in [2.24, 2.45) is 62.1 Å². The summed E-state index contributed by atoms with van der Waals surface area (Å²) in [6.07, 6.45) is 12.4. The van der Waals surface area contributed by atoms with Crippen LogP contribution in [0.15, 0.2) is 23.7 Å². The van der Waals surface area contributed by atoms with E-state index in [1.54, 1.807) is 31.4 Å². The maximum Gasteiger partial charge on any atom is 0.312 e. The monoisotopic (exact) mass is 724 g/mol. The number of carbonyl (C=O) groups is 3. The fourth-order valence-electron chi connectivity index (χ4n) is 13.2. The van der Waals surface area contributed by atoms with E-state index in [1.165, 1.54) is 5.57 Å².